The number of hydrogen-bond acceptors (Lipinski definition) is 5. The van der Waals surface area contributed by atoms with Crippen LogP contribution in [0.15, 0.2) is 12.1 Å². The molecular weight excluding hydrogens is 272 g/mol. The fourth-order valence-corrected chi connectivity index (χ4v) is 3.47. The van der Waals surface area contributed by atoms with Gasteiger partial charge in [-0.25, -0.2) is 0 Å². The third kappa shape index (κ3) is 4.89. The zero-order valence-electron chi connectivity index (χ0n) is 12.4. The van der Waals surface area contributed by atoms with Crippen LogP contribution in [0.3, 0.4) is 0 Å². The third-order valence-electron chi connectivity index (χ3n) is 3.83. The Labute approximate surface area is 125 Å². The summed E-state index contributed by atoms with van der Waals surface area (Å²) in [6.45, 7) is 4.43. The molecular formula is C15H24N2O2S. The largest absolute Gasteiger partial charge is 0.469 e. The smallest absolute Gasteiger partial charge is 0.310 e. The van der Waals surface area contributed by atoms with Gasteiger partial charge in [-0.1, -0.05) is 0 Å². The van der Waals surface area contributed by atoms with Crippen LogP contribution in [0.25, 0.3) is 0 Å². The number of nitrogens with zero attached hydrogens (tertiary/aromatic N) is 1. The average Bonchev–Trinajstić information content (AvgIpc) is 2.88. The summed E-state index contributed by atoms with van der Waals surface area (Å²) in [5.74, 6) is 0.637. The maximum absolute atomic E-state index is 11.2. The van der Waals surface area contributed by atoms with E-state index in [1.165, 1.54) is 37.9 Å². The Hall–Kier alpha value is -0.910. The first-order valence-corrected chi connectivity index (χ1v) is 8.02. The molecule has 0 aromatic carbocycles. The summed E-state index contributed by atoms with van der Waals surface area (Å²) < 4.78 is 4.68. The van der Waals surface area contributed by atoms with Crippen molar-refractivity contribution in [2.75, 3.05) is 33.8 Å². The van der Waals surface area contributed by atoms with Crippen LogP contribution in [-0.4, -0.2) is 44.7 Å². The summed E-state index contributed by atoms with van der Waals surface area (Å²) in [4.78, 5) is 16.0. The van der Waals surface area contributed by atoms with E-state index in [1.54, 1.807) is 11.3 Å². The van der Waals surface area contributed by atoms with Crippen molar-refractivity contribution in [3.63, 3.8) is 0 Å². The molecule has 0 atom stereocenters. The predicted molar refractivity (Wildman–Crippen MR) is 82.0 cm³/mol. The van der Waals surface area contributed by atoms with E-state index in [4.69, 9.17) is 0 Å². The van der Waals surface area contributed by atoms with Gasteiger partial charge in [0.1, 0.15) is 0 Å². The van der Waals surface area contributed by atoms with Gasteiger partial charge in [-0.05, 0) is 57.6 Å². The lowest BCUT2D eigenvalue weighted by atomic mass is 9.97. The van der Waals surface area contributed by atoms with Gasteiger partial charge in [0.05, 0.1) is 13.5 Å². The summed E-state index contributed by atoms with van der Waals surface area (Å²) in [7, 11) is 3.62. The second kappa shape index (κ2) is 7.76. The third-order valence-corrected chi connectivity index (χ3v) is 4.92. The van der Waals surface area contributed by atoms with Crippen molar-refractivity contribution in [2.45, 2.75) is 25.8 Å². The molecule has 2 heterocycles. The Balaban J connectivity index is 1.68. The molecule has 1 N–H and O–H groups in total. The zero-order chi connectivity index (χ0) is 14.4. The van der Waals surface area contributed by atoms with Crippen LogP contribution in [0.1, 0.15) is 22.6 Å². The van der Waals surface area contributed by atoms with Crippen LogP contribution >= 0.6 is 11.3 Å². The van der Waals surface area contributed by atoms with Gasteiger partial charge in [-0.3, -0.25) is 4.79 Å². The zero-order valence-corrected chi connectivity index (χ0v) is 13.2. The highest BCUT2D eigenvalue weighted by Crippen LogP contribution is 2.18. The molecule has 112 valence electrons. The number of rotatable bonds is 6. The molecule has 1 fully saturated rings. The van der Waals surface area contributed by atoms with Crippen molar-refractivity contribution in [3.8, 4) is 0 Å². The number of likely N-dealkylation sites (tertiary alicyclic amines) is 1. The molecule has 1 saturated heterocycles. The Bertz CT molecular complexity index is 425. The lowest BCUT2D eigenvalue weighted by Crippen LogP contribution is -2.34. The standard InChI is InChI=1S/C15H24N2O2S/c1-17-7-5-12(6-8-17)10-16-11-14-4-3-13(20-14)9-15(18)19-2/h3-4,12,16H,5-11H2,1-2H3. The Morgan fingerprint density at radius 1 is 1.40 bits per heavy atom. The minimum Gasteiger partial charge on any atom is -0.469 e. The molecule has 0 unspecified atom stereocenters. The summed E-state index contributed by atoms with van der Waals surface area (Å²) in [6, 6.07) is 4.12. The van der Waals surface area contributed by atoms with E-state index >= 15 is 0 Å². The number of carbonyl (C=O) groups excluding carboxylic acids is 1. The molecule has 20 heavy (non-hydrogen) atoms. The molecule has 0 spiro atoms. The molecule has 0 radical (unpaired) electrons. The normalized spacial score (nSPS) is 17.3. The maximum atomic E-state index is 11.2. The second-order valence-corrected chi connectivity index (χ2v) is 6.75. The molecule has 2 rings (SSSR count). The lowest BCUT2D eigenvalue weighted by molar-refractivity contribution is -0.139. The van der Waals surface area contributed by atoms with Crippen LogP contribution in [-0.2, 0) is 22.5 Å². The van der Waals surface area contributed by atoms with Crippen LogP contribution in [0.4, 0.5) is 0 Å². The van der Waals surface area contributed by atoms with Gasteiger partial charge in [0.15, 0.2) is 0 Å². The van der Waals surface area contributed by atoms with Gasteiger partial charge in [0.2, 0.25) is 0 Å². The molecule has 0 saturated carbocycles. The van der Waals surface area contributed by atoms with Crippen LogP contribution < -0.4 is 5.32 Å². The predicted octanol–water partition coefficient (Wildman–Crippen LogP) is 1.89. The Morgan fingerprint density at radius 3 is 2.80 bits per heavy atom. The van der Waals surface area contributed by atoms with Crippen LogP contribution in [0.2, 0.25) is 0 Å². The fraction of sp³-hybridized carbons (Fsp3) is 0.667. The molecule has 1 aliphatic rings. The first-order valence-electron chi connectivity index (χ1n) is 7.21. The fourth-order valence-electron chi connectivity index (χ4n) is 2.49. The molecule has 4 nitrogen and oxygen atoms in total. The number of nitrogens with one attached hydrogen (secondary N) is 1. The quantitative estimate of drug-likeness (QED) is 0.814. The molecule has 1 aromatic heterocycles. The molecule has 1 aromatic rings. The van der Waals surface area contributed by atoms with Crippen molar-refractivity contribution in [1.29, 1.82) is 0 Å². The van der Waals surface area contributed by atoms with Crippen LogP contribution in [0.5, 0.6) is 0 Å². The number of thiophene rings is 1. The monoisotopic (exact) mass is 296 g/mol. The highest BCUT2D eigenvalue weighted by molar-refractivity contribution is 7.12. The summed E-state index contributed by atoms with van der Waals surface area (Å²) in [5, 5.41) is 3.54. The van der Waals surface area contributed by atoms with Gasteiger partial charge in [-0.2, -0.15) is 0 Å². The number of piperidine rings is 1. The number of carbonyl (C=O) groups is 1. The minimum absolute atomic E-state index is 0.169. The van der Waals surface area contributed by atoms with Crippen molar-refractivity contribution < 1.29 is 9.53 Å². The number of ether oxygens (including phenoxy) is 1. The molecule has 1 aliphatic heterocycles. The summed E-state index contributed by atoms with van der Waals surface area (Å²) in [5.41, 5.74) is 0. The minimum atomic E-state index is -0.169. The summed E-state index contributed by atoms with van der Waals surface area (Å²) >= 11 is 1.69. The van der Waals surface area contributed by atoms with E-state index in [-0.39, 0.29) is 5.97 Å². The number of methoxy groups -OCH3 is 1. The van der Waals surface area contributed by atoms with E-state index < -0.39 is 0 Å². The SMILES string of the molecule is COC(=O)Cc1ccc(CNCC2CCN(C)CC2)s1. The van der Waals surface area contributed by atoms with Crippen molar-refractivity contribution in [1.82, 2.24) is 10.2 Å². The highest BCUT2D eigenvalue weighted by Gasteiger charge is 2.16. The lowest BCUT2D eigenvalue weighted by Gasteiger charge is -2.28. The van der Waals surface area contributed by atoms with Crippen molar-refractivity contribution in [2.24, 2.45) is 5.92 Å². The molecule has 0 aliphatic carbocycles. The Kier molecular flexibility index (Phi) is 6.01. The van der Waals surface area contributed by atoms with Gasteiger partial charge in [0.25, 0.3) is 0 Å². The average molecular weight is 296 g/mol. The van der Waals surface area contributed by atoms with Gasteiger partial charge >= 0.3 is 5.97 Å². The van der Waals surface area contributed by atoms with Gasteiger partial charge in [-0.15, -0.1) is 11.3 Å². The highest BCUT2D eigenvalue weighted by atomic mass is 32.1. The number of hydrogen-bond donors (Lipinski definition) is 1. The van der Waals surface area contributed by atoms with Crippen LogP contribution in [0, 0.1) is 5.92 Å². The van der Waals surface area contributed by atoms with Gasteiger partial charge in [0, 0.05) is 16.3 Å². The molecule has 5 heteroatoms. The first kappa shape index (κ1) is 15.5. The van der Waals surface area contributed by atoms with Gasteiger partial charge < -0.3 is 15.0 Å². The Morgan fingerprint density at radius 2 is 2.10 bits per heavy atom. The van der Waals surface area contributed by atoms with E-state index in [0.717, 1.165) is 23.9 Å². The van der Waals surface area contributed by atoms with Crippen molar-refractivity contribution in [3.05, 3.63) is 21.9 Å². The topological polar surface area (TPSA) is 41.6 Å². The summed E-state index contributed by atoms with van der Waals surface area (Å²) in [6.07, 6.45) is 2.97. The van der Waals surface area contributed by atoms with E-state index in [1.807, 2.05) is 6.07 Å². The second-order valence-electron chi connectivity index (χ2n) is 5.50. The first-order chi connectivity index (χ1) is 9.67. The van der Waals surface area contributed by atoms with E-state index in [0.29, 0.717) is 6.42 Å². The number of esters is 1. The van der Waals surface area contributed by atoms with Crippen molar-refractivity contribution >= 4 is 17.3 Å². The van der Waals surface area contributed by atoms with E-state index in [2.05, 4.69) is 28.1 Å². The maximum Gasteiger partial charge on any atom is 0.310 e. The van der Waals surface area contributed by atoms with E-state index in [9.17, 15) is 4.79 Å². The molecule has 0 bridgehead atoms. The molecule has 0 amide bonds.